The van der Waals surface area contributed by atoms with Crippen molar-refractivity contribution in [2.45, 2.75) is 0 Å². The lowest BCUT2D eigenvalue weighted by Crippen LogP contribution is -2.09. The number of hydrogen-bond acceptors (Lipinski definition) is 1. The van der Waals surface area contributed by atoms with E-state index in [1.807, 2.05) is 0 Å². The largest absolute Gasteiger partial charge is 0.378 e. The van der Waals surface area contributed by atoms with Crippen molar-refractivity contribution >= 4 is 17.5 Å². The number of benzene rings is 2. The molecule has 0 saturated carbocycles. The van der Waals surface area contributed by atoms with Crippen LogP contribution in [0, 0.1) is 0 Å². The molecule has 0 spiro atoms. The van der Waals surface area contributed by atoms with Gasteiger partial charge in [-0.25, -0.2) is 4.58 Å². The Bertz CT molecular complexity index is 857. The van der Waals surface area contributed by atoms with Gasteiger partial charge in [0.2, 0.25) is 0 Å². The molecule has 0 atom stereocenters. The zero-order chi connectivity index (χ0) is 17.8. The highest BCUT2D eigenvalue weighted by molar-refractivity contribution is 6.02. The molecule has 0 N–H and O–H groups in total. The topological polar surface area (TPSA) is 6.25 Å². The van der Waals surface area contributed by atoms with Gasteiger partial charge in [-0.3, -0.25) is 0 Å². The average molecular weight is 329 g/mol. The molecule has 2 aromatic rings. The van der Waals surface area contributed by atoms with E-state index in [9.17, 15) is 0 Å². The third kappa shape index (κ3) is 3.97. The number of allylic oxidation sites excluding steroid dienone is 5. The van der Waals surface area contributed by atoms with Gasteiger partial charge in [-0.05, 0) is 52.6 Å². The summed E-state index contributed by atoms with van der Waals surface area (Å²) in [5, 5.41) is 0. The van der Waals surface area contributed by atoms with Crippen LogP contribution in [0.5, 0.6) is 0 Å². The second-order valence-corrected chi connectivity index (χ2v) is 6.66. The summed E-state index contributed by atoms with van der Waals surface area (Å²) in [6.07, 6.45) is 10.9. The molecule has 25 heavy (non-hydrogen) atoms. The van der Waals surface area contributed by atoms with E-state index in [1.165, 1.54) is 33.7 Å². The maximum atomic E-state index is 2.24. The minimum absolute atomic E-state index is 1.21. The summed E-state index contributed by atoms with van der Waals surface area (Å²) in [7, 11) is 8.25. The first-order valence-corrected chi connectivity index (χ1v) is 8.53. The van der Waals surface area contributed by atoms with Gasteiger partial charge in [0, 0.05) is 31.9 Å². The van der Waals surface area contributed by atoms with Gasteiger partial charge in [0.15, 0.2) is 5.71 Å². The zero-order valence-corrected chi connectivity index (χ0v) is 15.4. The maximum Gasteiger partial charge on any atom is 0.199 e. The number of nitrogens with zero attached hydrogens (tertiary/aromatic N) is 2. The zero-order valence-electron chi connectivity index (χ0n) is 15.4. The normalized spacial score (nSPS) is 13.1. The van der Waals surface area contributed by atoms with E-state index in [1.54, 1.807) is 0 Å². The van der Waals surface area contributed by atoms with Crippen LogP contribution < -0.4 is 4.90 Å². The Hall–Kier alpha value is -2.87. The van der Waals surface area contributed by atoms with Gasteiger partial charge in [-0.1, -0.05) is 36.4 Å². The molecule has 3 rings (SSSR count). The van der Waals surface area contributed by atoms with Crippen molar-refractivity contribution in [3.05, 3.63) is 84.0 Å². The van der Waals surface area contributed by atoms with Crippen LogP contribution in [0.15, 0.2) is 78.4 Å². The van der Waals surface area contributed by atoms with Crippen LogP contribution in [0.25, 0.3) is 17.2 Å². The van der Waals surface area contributed by atoms with Crippen LogP contribution in [0.4, 0.5) is 5.69 Å². The van der Waals surface area contributed by atoms with E-state index in [2.05, 4.69) is 117 Å². The fraction of sp³-hybridized carbons (Fsp3) is 0.174. The van der Waals surface area contributed by atoms with Crippen molar-refractivity contribution in [1.82, 2.24) is 0 Å². The van der Waals surface area contributed by atoms with Crippen LogP contribution in [0.2, 0.25) is 0 Å². The molecule has 1 aliphatic rings. The van der Waals surface area contributed by atoms with Gasteiger partial charge >= 0.3 is 0 Å². The monoisotopic (exact) mass is 329 g/mol. The molecule has 0 fully saturated rings. The smallest absolute Gasteiger partial charge is 0.199 e. The first-order chi connectivity index (χ1) is 12.0. The molecule has 2 aromatic carbocycles. The van der Waals surface area contributed by atoms with E-state index in [-0.39, 0.29) is 0 Å². The van der Waals surface area contributed by atoms with Crippen LogP contribution in [-0.2, 0) is 0 Å². The lowest BCUT2D eigenvalue weighted by Gasteiger charge is -2.13. The van der Waals surface area contributed by atoms with Crippen molar-refractivity contribution in [2.75, 3.05) is 33.1 Å². The van der Waals surface area contributed by atoms with E-state index in [0.717, 1.165) is 0 Å². The van der Waals surface area contributed by atoms with Crippen LogP contribution in [-0.4, -0.2) is 38.5 Å². The average Bonchev–Trinajstić information content (AvgIpc) is 2.63. The maximum absolute atomic E-state index is 2.24. The first kappa shape index (κ1) is 17.0. The summed E-state index contributed by atoms with van der Waals surface area (Å²) in [4.78, 5) is 2.12. The van der Waals surface area contributed by atoms with Crippen LogP contribution in [0.1, 0.15) is 5.56 Å². The van der Waals surface area contributed by atoms with E-state index in [0.29, 0.717) is 0 Å². The van der Waals surface area contributed by atoms with Gasteiger partial charge in [0.05, 0.1) is 0 Å². The van der Waals surface area contributed by atoms with Gasteiger partial charge in [-0.15, -0.1) is 0 Å². The standard InChI is InChI=1S/C23H25N2/c1-24(2)21-13-9-18(10-14-21)17-20-7-5-6-8-23(20)19-11-15-22(16-12-19)25(3)4/h5-17H,1-4H3/q+1. The second-order valence-electron chi connectivity index (χ2n) is 6.66. The first-order valence-electron chi connectivity index (χ1n) is 8.53. The fourth-order valence-electron chi connectivity index (χ4n) is 2.87. The molecule has 2 heteroatoms. The predicted molar refractivity (Wildman–Crippen MR) is 110 cm³/mol. The quantitative estimate of drug-likeness (QED) is 0.743. The van der Waals surface area contributed by atoms with Crippen molar-refractivity contribution in [1.29, 1.82) is 0 Å². The summed E-state index contributed by atoms with van der Waals surface area (Å²) in [5.74, 6) is 0. The molecule has 0 bridgehead atoms. The molecular weight excluding hydrogens is 304 g/mol. The Morgan fingerprint density at radius 1 is 0.800 bits per heavy atom. The van der Waals surface area contributed by atoms with Gasteiger partial charge in [-0.2, -0.15) is 0 Å². The third-order valence-electron chi connectivity index (χ3n) is 4.39. The molecule has 0 saturated heterocycles. The molecule has 0 heterocycles. The Labute approximate surface area is 150 Å². The molecule has 0 unspecified atom stereocenters. The van der Waals surface area contributed by atoms with Crippen molar-refractivity contribution in [3.63, 3.8) is 0 Å². The van der Waals surface area contributed by atoms with Gasteiger partial charge in [0.1, 0.15) is 14.1 Å². The number of anilines is 1. The molecule has 0 radical (unpaired) electrons. The van der Waals surface area contributed by atoms with Gasteiger partial charge in [0.25, 0.3) is 0 Å². The highest BCUT2D eigenvalue weighted by Crippen LogP contribution is 2.28. The van der Waals surface area contributed by atoms with Gasteiger partial charge < -0.3 is 4.90 Å². The Morgan fingerprint density at radius 2 is 1.44 bits per heavy atom. The molecular formula is C23H25N2+. The summed E-state index contributed by atoms with van der Waals surface area (Å²) < 4.78 is 2.12. The number of rotatable bonds is 3. The minimum Gasteiger partial charge on any atom is -0.378 e. The van der Waals surface area contributed by atoms with Crippen molar-refractivity contribution in [3.8, 4) is 11.1 Å². The highest BCUT2D eigenvalue weighted by atomic mass is 15.1. The third-order valence-corrected chi connectivity index (χ3v) is 4.39. The lowest BCUT2D eigenvalue weighted by molar-refractivity contribution is -0.462. The molecule has 1 aliphatic carbocycles. The molecule has 126 valence electrons. The Morgan fingerprint density at radius 3 is 2.04 bits per heavy atom. The fourth-order valence-corrected chi connectivity index (χ4v) is 2.87. The second kappa shape index (κ2) is 7.35. The molecule has 0 aromatic heterocycles. The SMILES string of the molecule is CN(C)c1ccc(-c2ccccc2C=C2C=CC(=[N+](C)C)C=C2)cc1. The number of hydrogen-bond donors (Lipinski definition) is 0. The van der Waals surface area contributed by atoms with E-state index in [4.69, 9.17) is 0 Å². The van der Waals surface area contributed by atoms with E-state index >= 15 is 0 Å². The van der Waals surface area contributed by atoms with Crippen molar-refractivity contribution in [2.24, 2.45) is 0 Å². The summed E-state index contributed by atoms with van der Waals surface area (Å²) in [5.41, 5.74) is 7.36. The summed E-state index contributed by atoms with van der Waals surface area (Å²) >= 11 is 0. The molecule has 2 nitrogen and oxygen atoms in total. The van der Waals surface area contributed by atoms with Crippen molar-refractivity contribution < 1.29 is 4.58 Å². The minimum atomic E-state index is 1.21. The summed E-state index contributed by atoms with van der Waals surface area (Å²) in [6, 6.07) is 17.3. The summed E-state index contributed by atoms with van der Waals surface area (Å²) in [6.45, 7) is 0. The predicted octanol–water partition coefficient (Wildman–Crippen LogP) is 4.64. The van der Waals surface area contributed by atoms with E-state index < -0.39 is 0 Å². The highest BCUT2D eigenvalue weighted by Gasteiger charge is 2.07. The Kier molecular flexibility index (Phi) is 4.99. The Balaban J connectivity index is 1.95. The van der Waals surface area contributed by atoms with Crippen LogP contribution >= 0.6 is 0 Å². The van der Waals surface area contributed by atoms with Crippen LogP contribution in [0.3, 0.4) is 0 Å². The molecule has 0 amide bonds. The lowest BCUT2D eigenvalue weighted by atomic mass is 9.96. The molecule has 0 aliphatic heterocycles.